The second-order valence-corrected chi connectivity index (χ2v) is 7.28. The fraction of sp³-hybridized carbons (Fsp3) is 0.125. The number of carbonyl (C=O) groups excluding carboxylic acids is 2. The van der Waals surface area contributed by atoms with Crippen LogP contribution in [-0.2, 0) is 19.6 Å². The SMILES string of the molecule is CC(=O)Nc1cc(NS(=O)(=O)c2ccc3c(c2)NC(=O)CO3)c(F)cc1F. The zero-order chi connectivity index (χ0) is 19.8. The van der Waals surface area contributed by atoms with Gasteiger partial charge in [0, 0.05) is 13.0 Å². The van der Waals surface area contributed by atoms with Crippen molar-refractivity contribution in [3.63, 3.8) is 0 Å². The maximum atomic E-state index is 14.0. The van der Waals surface area contributed by atoms with Crippen molar-refractivity contribution in [2.45, 2.75) is 11.8 Å². The fourth-order valence-electron chi connectivity index (χ4n) is 2.35. The first kappa shape index (κ1) is 18.6. The highest BCUT2D eigenvalue weighted by Gasteiger charge is 2.22. The summed E-state index contributed by atoms with van der Waals surface area (Å²) in [6, 6.07) is 4.96. The summed E-state index contributed by atoms with van der Waals surface area (Å²) in [6.45, 7) is 0.931. The molecule has 0 fully saturated rings. The predicted molar refractivity (Wildman–Crippen MR) is 92.0 cm³/mol. The summed E-state index contributed by atoms with van der Waals surface area (Å²) >= 11 is 0. The number of benzene rings is 2. The quantitative estimate of drug-likeness (QED) is 0.731. The minimum absolute atomic E-state index is 0.146. The Labute approximate surface area is 152 Å². The third kappa shape index (κ3) is 3.97. The van der Waals surface area contributed by atoms with Crippen LogP contribution in [0.2, 0.25) is 0 Å². The number of fused-ring (bicyclic) bond motifs is 1. The molecule has 3 rings (SSSR count). The number of anilines is 3. The first-order valence-electron chi connectivity index (χ1n) is 7.52. The molecule has 11 heteroatoms. The van der Waals surface area contributed by atoms with Gasteiger partial charge in [0.05, 0.1) is 22.0 Å². The lowest BCUT2D eigenvalue weighted by Crippen LogP contribution is -2.25. The number of hydrogen-bond donors (Lipinski definition) is 3. The minimum atomic E-state index is -4.28. The molecule has 0 saturated carbocycles. The minimum Gasteiger partial charge on any atom is -0.482 e. The second kappa shape index (κ2) is 6.83. The number of hydrogen-bond acceptors (Lipinski definition) is 5. The third-order valence-electron chi connectivity index (χ3n) is 3.51. The lowest BCUT2D eigenvalue weighted by atomic mass is 10.2. The van der Waals surface area contributed by atoms with Crippen LogP contribution in [0.4, 0.5) is 25.8 Å². The standard InChI is InChI=1S/C16H13F2N3O5S/c1-8(22)19-12-6-13(11(18)5-10(12)17)21-27(24,25)9-2-3-15-14(4-9)20-16(23)7-26-15/h2-6,21H,7H2,1H3,(H,19,22)(H,20,23). The largest absolute Gasteiger partial charge is 0.482 e. The molecule has 0 aliphatic carbocycles. The Bertz CT molecular complexity index is 1060. The summed E-state index contributed by atoms with van der Waals surface area (Å²) in [5.41, 5.74) is -0.793. The van der Waals surface area contributed by atoms with Gasteiger partial charge in [0.25, 0.3) is 15.9 Å². The molecule has 0 aromatic heterocycles. The van der Waals surface area contributed by atoms with Gasteiger partial charge in [0.1, 0.15) is 17.4 Å². The highest BCUT2D eigenvalue weighted by molar-refractivity contribution is 7.92. The first-order chi connectivity index (χ1) is 12.7. The average Bonchev–Trinajstić information content (AvgIpc) is 2.58. The molecule has 8 nitrogen and oxygen atoms in total. The van der Waals surface area contributed by atoms with Crippen LogP contribution >= 0.6 is 0 Å². The molecule has 1 aliphatic heterocycles. The Kier molecular flexibility index (Phi) is 4.70. The predicted octanol–water partition coefficient (Wildman–Crippen LogP) is 2.05. The Morgan fingerprint density at radius 2 is 1.85 bits per heavy atom. The van der Waals surface area contributed by atoms with Crippen LogP contribution < -0.4 is 20.1 Å². The van der Waals surface area contributed by atoms with Gasteiger partial charge in [0.2, 0.25) is 5.91 Å². The van der Waals surface area contributed by atoms with Crippen molar-refractivity contribution in [1.29, 1.82) is 0 Å². The van der Waals surface area contributed by atoms with E-state index in [0.29, 0.717) is 6.07 Å². The molecule has 3 N–H and O–H groups in total. The Morgan fingerprint density at radius 3 is 2.56 bits per heavy atom. The van der Waals surface area contributed by atoms with E-state index in [1.807, 2.05) is 4.72 Å². The smallest absolute Gasteiger partial charge is 0.262 e. The Morgan fingerprint density at radius 1 is 1.15 bits per heavy atom. The van der Waals surface area contributed by atoms with Gasteiger partial charge in [-0.2, -0.15) is 0 Å². The maximum absolute atomic E-state index is 14.0. The highest BCUT2D eigenvalue weighted by atomic mass is 32.2. The van der Waals surface area contributed by atoms with Crippen LogP contribution in [0.3, 0.4) is 0 Å². The number of amides is 2. The van der Waals surface area contributed by atoms with E-state index >= 15 is 0 Å². The number of halogens is 2. The van der Waals surface area contributed by atoms with E-state index in [2.05, 4.69) is 10.6 Å². The van der Waals surface area contributed by atoms with Gasteiger partial charge in [-0.15, -0.1) is 0 Å². The molecule has 27 heavy (non-hydrogen) atoms. The zero-order valence-electron chi connectivity index (χ0n) is 13.8. The van der Waals surface area contributed by atoms with Crippen molar-refractivity contribution in [2.75, 3.05) is 22.0 Å². The molecular formula is C16H13F2N3O5S. The van der Waals surface area contributed by atoms with E-state index in [9.17, 15) is 26.8 Å². The molecule has 0 atom stereocenters. The van der Waals surface area contributed by atoms with Gasteiger partial charge in [-0.05, 0) is 24.3 Å². The van der Waals surface area contributed by atoms with Crippen LogP contribution in [0.1, 0.15) is 6.92 Å². The van der Waals surface area contributed by atoms with Crippen molar-refractivity contribution in [2.24, 2.45) is 0 Å². The Hall–Kier alpha value is -3.21. The molecule has 142 valence electrons. The number of sulfonamides is 1. The summed E-state index contributed by atoms with van der Waals surface area (Å²) in [5, 5.41) is 4.59. The van der Waals surface area contributed by atoms with Gasteiger partial charge in [-0.25, -0.2) is 17.2 Å². The number of ether oxygens (including phenoxy) is 1. The van der Waals surface area contributed by atoms with Crippen molar-refractivity contribution < 1.29 is 31.5 Å². The van der Waals surface area contributed by atoms with E-state index in [-0.39, 0.29) is 28.6 Å². The molecule has 0 saturated heterocycles. The van der Waals surface area contributed by atoms with Crippen LogP contribution in [0.25, 0.3) is 0 Å². The molecule has 0 bridgehead atoms. The normalized spacial score (nSPS) is 13.2. The van der Waals surface area contributed by atoms with Crippen LogP contribution in [0.15, 0.2) is 35.2 Å². The van der Waals surface area contributed by atoms with E-state index < -0.39 is 39.2 Å². The summed E-state index contributed by atoms with van der Waals surface area (Å²) in [7, 11) is -4.28. The molecule has 2 aromatic carbocycles. The van der Waals surface area contributed by atoms with Crippen molar-refractivity contribution in [1.82, 2.24) is 0 Å². The molecular weight excluding hydrogens is 384 g/mol. The third-order valence-corrected chi connectivity index (χ3v) is 4.87. The van der Waals surface area contributed by atoms with E-state index in [4.69, 9.17) is 4.74 Å². The molecule has 2 amide bonds. The summed E-state index contributed by atoms with van der Waals surface area (Å²) < 4.78 is 59.8. The zero-order valence-corrected chi connectivity index (χ0v) is 14.6. The first-order valence-corrected chi connectivity index (χ1v) is 9.00. The molecule has 0 spiro atoms. The van der Waals surface area contributed by atoms with Crippen molar-refractivity contribution in [3.05, 3.63) is 42.0 Å². The lowest BCUT2D eigenvalue weighted by Gasteiger charge is -2.19. The van der Waals surface area contributed by atoms with Gasteiger partial charge < -0.3 is 15.4 Å². The fourth-order valence-corrected chi connectivity index (χ4v) is 3.43. The van der Waals surface area contributed by atoms with Gasteiger partial charge in [-0.3, -0.25) is 14.3 Å². The summed E-state index contributed by atoms with van der Waals surface area (Å²) in [6.07, 6.45) is 0. The number of carbonyl (C=O) groups is 2. The van der Waals surface area contributed by atoms with E-state index in [0.717, 1.165) is 19.1 Å². The molecule has 1 heterocycles. The molecule has 0 unspecified atom stereocenters. The van der Waals surface area contributed by atoms with Gasteiger partial charge >= 0.3 is 0 Å². The monoisotopic (exact) mass is 397 g/mol. The van der Waals surface area contributed by atoms with Gasteiger partial charge in [-0.1, -0.05) is 0 Å². The molecule has 2 aromatic rings. The number of nitrogens with one attached hydrogen (secondary N) is 3. The average molecular weight is 397 g/mol. The maximum Gasteiger partial charge on any atom is 0.262 e. The number of rotatable bonds is 4. The summed E-state index contributed by atoms with van der Waals surface area (Å²) in [4.78, 5) is 22.2. The van der Waals surface area contributed by atoms with Crippen LogP contribution in [0.5, 0.6) is 5.75 Å². The van der Waals surface area contributed by atoms with Crippen LogP contribution in [-0.4, -0.2) is 26.8 Å². The summed E-state index contributed by atoms with van der Waals surface area (Å²) in [5.74, 6) is -3.00. The van der Waals surface area contributed by atoms with Crippen molar-refractivity contribution >= 4 is 38.9 Å². The van der Waals surface area contributed by atoms with E-state index in [1.54, 1.807) is 0 Å². The highest BCUT2D eigenvalue weighted by Crippen LogP contribution is 2.31. The topological polar surface area (TPSA) is 114 Å². The molecule has 1 aliphatic rings. The lowest BCUT2D eigenvalue weighted by molar-refractivity contribution is -0.118. The molecule has 0 radical (unpaired) electrons. The Balaban J connectivity index is 1.94. The van der Waals surface area contributed by atoms with E-state index in [1.165, 1.54) is 12.1 Å². The van der Waals surface area contributed by atoms with Crippen LogP contribution in [0, 0.1) is 11.6 Å². The second-order valence-electron chi connectivity index (χ2n) is 5.59. The van der Waals surface area contributed by atoms with Gasteiger partial charge in [0.15, 0.2) is 6.61 Å². The van der Waals surface area contributed by atoms with Crippen molar-refractivity contribution in [3.8, 4) is 5.75 Å².